The minimum Gasteiger partial charge on any atom is -0.325 e. The van der Waals surface area contributed by atoms with Crippen LogP contribution in [0.25, 0.3) is 10.8 Å². The van der Waals surface area contributed by atoms with E-state index in [0.717, 1.165) is 47.8 Å². The molecule has 5 heteroatoms. The quantitative estimate of drug-likeness (QED) is 0.672. The van der Waals surface area contributed by atoms with Crippen molar-refractivity contribution in [1.29, 1.82) is 5.26 Å². The summed E-state index contributed by atoms with van der Waals surface area (Å²) in [4.78, 5) is 17.0. The van der Waals surface area contributed by atoms with Crippen LogP contribution in [0.15, 0.2) is 53.6 Å². The van der Waals surface area contributed by atoms with E-state index in [0.29, 0.717) is 10.6 Å². The van der Waals surface area contributed by atoms with Gasteiger partial charge in [-0.2, -0.15) is 5.26 Å². The number of hydrogen-bond acceptors (Lipinski definition) is 4. The lowest BCUT2D eigenvalue weighted by Crippen LogP contribution is -2.14. The Hall–Kier alpha value is -2.84. The third-order valence-electron chi connectivity index (χ3n) is 4.76. The highest BCUT2D eigenvalue weighted by molar-refractivity contribution is 8.00. The Morgan fingerprint density at radius 3 is 2.78 bits per heavy atom. The fraction of sp³-hybridized carbons (Fsp3) is 0.227. The largest absolute Gasteiger partial charge is 0.325 e. The number of nitrogens with zero attached hydrogens (tertiary/aromatic N) is 2. The Bertz CT molecular complexity index is 1060. The molecule has 1 aliphatic carbocycles. The Balaban J connectivity index is 1.45. The number of carbonyl (C=O) groups excluding carboxylic acids is 1. The SMILES string of the molecule is N#Cc1cc2c(nc1SCC(=O)Nc1ccc3ccccc3c1)CCCC2. The van der Waals surface area contributed by atoms with Crippen molar-refractivity contribution < 1.29 is 4.79 Å². The molecule has 1 heterocycles. The van der Waals surface area contributed by atoms with Crippen LogP contribution in [0.2, 0.25) is 0 Å². The van der Waals surface area contributed by atoms with Crippen molar-refractivity contribution in [2.45, 2.75) is 30.7 Å². The number of benzene rings is 2. The van der Waals surface area contributed by atoms with E-state index in [-0.39, 0.29) is 11.7 Å². The molecule has 1 aromatic heterocycles. The molecule has 4 rings (SSSR count). The number of carbonyl (C=O) groups is 1. The van der Waals surface area contributed by atoms with Gasteiger partial charge in [-0.05, 0) is 60.2 Å². The number of amides is 1. The van der Waals surface area contributed by atoms with Crippen molar-refractivity contribution in [3.63, 3.8) is 0 Å². The zero-order chi connectivity index (χ0) is 18.6. The monoisotopic (exact) mass is 373 g/mol. The van der Waals surface area contributed by atoms with Gasteiger partial charge in [0.05, 0.1) is 11.3 Å². The second-order valence-electron chi connectivity index (χ2n) is 6.66. The minimum absolute atomic E-state index is 0.0984. The first-order chi connectivity index (χ1) is 13.2. The van der Waals surface area contributed by atoms with Crippen LogP contribution in [-0.4, -0.2) is 16.6 Å². The number of pyridine rings is 1. The molecule has 0 unspecified atom stereocenters. The maximum Gasteiger partial charge on any atom is 0.234 e. The molecule has 1 amide bonds. The van der Waals surface area contributed by atoms with Crippen LogP contribution in [0, 0.1) is 11.3 Å². The summed E-state index contributed by atoms with van der Waals surface area (Å²) in [5, 5.41) is 15.2. The molecule has 0 saturated heterocycles. The van der Waals surface area contributed by atoms with E-state index in [1.807, 2.05) is 48.5 Å². The molecule has 27 heavy (non-hydrogen) atoms. The summed E-state index contributed by atoms with van der Waals surface area (Å²) in [6.45, 7) is 0. The first-order valence-electron chi connectivity index (χ1n) is 9.07. The summed E-state index contributed by atoms with van der Waals surface area (Å²) in [5.74, 6) is 0.131. The Morgan fingerprint density at radius 1 is 1.11 bits per heavy atom. The molecule has 1 N–H and O–H groups in total. The summed E-state index contributed by atoms with van der Waals surface area (Å²) in [6.07, 6.45) is 4.24. The Labute approximate surface area is 162 Å². The van der Waals surface area contributed by atoms with E-state index in [4.69, 9.17) is 0 Å². The molecule has 0 spiro atoms. The van der Waals surface area contributed by atoms with Crippen LogP contribution in [0.5, 0.6) is 0 Å². The predicted molar refractivity (Wildman–Crippen MR) is 109 cm³/mol. The van der Waals surface area contributed by atoms with Gasteiger partial charge in [-0.25, -0.2) is 4.98 Å². The number of hydrogen-bond donors (Lipinski definition) is 1. The van der Waals surface area contributed by atoms with Gasteiger partial charge in [0.2, 0.25) is 5.91 Å². The first kappa shape index (κ1) is 17.6. The normalized spacial score (nSPS) is 13.0. The van der Waals surface area contributed by atoms with Crippen LogP contribution in [0.1, 0.15) is 29.7 Å². The summed E-state index contributed by atoms with van der Waals surface area (Å²) in [6, 6.07) is 18.1. The van der Waals surface area contributed by atoms with E-state index in [1.54, 1.807) is 0 Å². The summed E-state index contributed by atoms with van der Waals surface area (Å²) < 4.78 is 0. The number of rotatable bonds is 4. The second kappa shape index (κ2) is 7.81. The van der Waals surface area contributed by atoms with Crippen LogP contribution < -0.4 is 5.32 Å². The molecule has 134 valence electrons. The molecule has 0 radical (unpaired) electrons. The van der Waals surface area contributed by atoms with Gasteiger partial charge in [0.25, 0.3) is 0 Å². The number of nitrogens with one attached hydrogen (secondary N) is 1. The lowest BCUT2D eigenvalue weighted by Gasteiger charge is -2.16. The zero-order valence-corrected chi connectivity index (χ0v) is 15.7. The predicted octanol–water partition coefficient (Wildman–Crippen LogP) is 4.72. The molecule has 0 bridgehead atoms. The maximum atomic E-state index is 12.4. The second-order valence-corrected chi connectivity index (χ2v) is 7.63. The molecular weight excluding hydrogens is 354 g/mol. The van der Waals surface area contributed by atoms with Crippen molar-refractivity contribution in [3.8, 4) is 6.07 Å². The van der Waals surface area contributed by atoms with Gasteiger partial charge >= 0.3 is 0 Å². The van der Waals surface area contributed by atoms with Crippen molar-refractivity contribution in [3.05, 3.63) is 65.4 Å². The van der Waals surface area contributed by atoms with Gasteiger partial charge in [-0.1, -0.05) is 42.1 Å². The number of anilines is 1. The lowest BCUT2D eigenvalue weighted by molar-refractivity contribution is -0.113. The van der Waals surface area contributed by atoms with E-state index >= 15 is 0 Å². The smallest absolute Gasteiger partial charge is 0.234 e. The fourth-order valence-corrected chi connectivity index (χ4v) is 4.18. The standard InChI is InChI=1S/C22H19N3OS/c23-13-18-11-17-7-3-4-8-20(17)25-22(18)27-14-21(26)24-19-10-9-15-5-1-2-6-16(15)12-19/h1-2,5-6,9-12H,3-4,7-8,14H2,(H,24,26). The molecule has 2 aromatic carbocycles. The Morgan fingerprint density at radius 2 is 1.93 bits per heavy atom. The molecule has 3 aromatic rings. The van der Waals surface area contributed by atoms with Gasteiger partial charge in [0.1, 0.15) is 11.1 Å². The van der Waals surface area contributed by atoms with Crippen LogP contribution in [0.4, 0.5) is 5.69 Å². The van der Waals surface area contributed by atoms with E-state index in [9.17, 15) is 10.1 Å². The highest BCUT2D eigenvalue weighted by Gasteiger charge is 2.16. The van der Waals surface area contributed by atoms with E-state index in [1.165, 1.54) is 17.3 Å². The number of fused-ring (bicyclic) bond motifs is 2. The fourth-order valence-electron chi connectivity index (χ4n) is 3.40. The van der Waals surface area contributed by atoms with Crippen LogP contribution >= 0.6 is 11.8 Å². The van der Waals surface area contributed by atoms with Gasteiger partial charge in [-0.3, -0.25) is 4.79 Å². The molecule has 0 aliphatic heterocycles. The average Bonchev–Trinajstić information content (AvgIpc) is 2.71. The van der Waals surface area contributed by atoms with Crippen molar-refractivity contribution in [2.75, 3.05) is 11.1 Å². The van der Waals surface area contributed by atoms with Crippen molar-refractivity contribution in [2.24, 2.45) is 0 Å². The third-order valence-corrected chi connectivity index (χ3v) is 5.75. The number of nitriles is 1. The van der Waals surface area contributed by atoms with Crippen LogP contribution in [0.3, 0.4) is 0 Å². The van der Waals surface area contributed by atoms with Crippen LogP contribution in [-0.2, 0) is 17.6 Å². The number of aromatic nitrogens is 1. The lowest BCUT2D eigenvalue weighted by atomic mass is 9.95. The molecule has 0 atom stereocenters. The molecule has 0 fully saturated rings. The zero-order valence-electron chi connectivity index (χ0n) is 14.9. The molecular formula is C22H19N3OS. The van der Waals surface area contributed by atoms with Gasteiger partial charge in [0.15, 0.2) is 0 Å². The average molecular weight is 373 g/mol. The van der Waals surface area contributed by atoms with Gasteiger partial charge < -0.3 is 5.32 Å². The number of aryl methyl sites for hydroxylation is 2. The molecule has 0 saturated carbocycles. The Kier molecular flexibility index (Phi) is 5.08. The third kappa shape index (κ3) is 3.96. The van der Waals surface area contributed by atoms with E-state index in [2.05, 4.69) is 16.4 Å². The van der Waals surface area contributed by atoms with Crippen molar-refractivity contribution in [1.82, 2.24) is 4.98 Å². The summed E-state index contributed by atoms with van der Waals surface area (Å²) in [7, 11) is 0. The summed E-state index contributed by atoms with van der Waals surface area (Å²) in [5.41, 5.74) is 3.61. The highest BCUT2D eigenvalue weighted by Crippen LogP contribution is 2.27. The topological polar surface area (TPSA) is 65.8 Å². The van der Waals surface area contributed by atoms with Gasteiger partial charge in [0, 0.05) is 11.4 Å². The first-order valence-corrected chi connectivity index (χ1v) is 10.1. The summed E-state index contributed by atoms with van der Waals surface area (Å²) >= 11 is 1.33. The molecule has 1 aliphatic rings. The number of thioether (sulfide) groups is 1. The van der Waals surface area contributed by atoms with Crippen molar-refractivity contribution >= 4 is 34.1 Å². The van der Waals surface area contributed by atoms with Gasteiger partial charge in [-0.15, -0.1) is 0 Å². The maximum absolute atomic E-state index is 12.4. The molecule has 4 nitrogen and oxygen atoms in total. The minimum atomic E-state index is -0.0984. The highest BCUT2D eigenvalue weighted by atomic mass is 32.2. The van der Waals surface area contributed by atoms with E-state index < -0.39 is 0 Å².